The number of carboxylic acid groups (broad SMARTS) is 1. The maximum atomic E-state index is 12.5. The molecule has 9 N–H and O–H groups in total. The number of aldehydes is 1. The highest BCUT2D eigenvalue weighted by Crippen LogP contribution is 2.32. The van der Waals surface area contributed by atoms with Gasteiger partial charge in [-0.15, -0.1) is 11.8 Å². The summed E-state index contributed by atoms with van der Waals surface area (Å²) in [4.78, 5) is 62.6. The van der Waals surface area contributed by atoms with Gasteiger partial charge in [-0.1, -0.05) is 24.3 Å². The number of nitrogens with zero attached hydrogens (tertiary/aromatic N) is 1. The van der Waals surface area contributed by atoms with Crippen LogP contribution in [0.4, 0.5) is 0 Å². The second-order valence-electron chi connectivity index (χ2n) is 8.03. The lowest BCUT2D eigenvalue weighted by atomic mass is 10.0. The van der Waals surface area contributed by atoms with E-state index in [9.17, 15) is 34.2 Å². The summed E-state index contributed by atoms with van der Waals surface area (Å²) >= 11 is 1.08. The van der Waals surface area contributed by atoms with Crippen LogP contribution in [0.15, 0.2) is 29.3 Å². The molecular formula is C23H34N6O7S. The van der Waals surface area contributed by atoms with Crippen LogP contribution in [0.1, 0.15) is 36.1 Å². The topological polar surface area (TPSA) is 226 Å². The van der Waals surface area contributed by atoms with Crippen molar-refractivity contribution in [1.82, 2.24) is 16.0 Å². The van der Waals surface area contributed by atoms with E-state index in [1.807, 2.05) is 12.1 Å². The maximum Gasteiger partial charge on any atom is 0.321 e. The third kappa shape index (κ3) is 11.0. The number of amides is 3. The van der Waals surface area contributed by atoms with Crippen LogP contribution in [0.25, 0.3) is 0 Å². The van der Waals surface area contributed by atoms with Gasteiger partial charge in [0.1, 0.15) is 29.5 Å². The number of hydrogen-bond acceptors (Lipinski definition) is 9. The van der Waals surface area contributed by atoms with Crippen LogP contribution in [0.3, 0.4) is 0 Å². The lowest BCUT2D eigenvalue weighted by Crippen LogP contribution is -2.53. The van der Waals surface area contributed by atoms with Crippen LogP contribution < -0.4 is 27.4 Å². The number of carboxylic acids is 1. The molecule has 0 aliphatic rings. The molecule has 4 atom stereocenters. The molecule has 37 heavy (non-hydrogen) atoms. The largest absolute Gasteiger partial charge is 0.480 e. The third-order valence-electron chi connectivity index (χ3n) is 5.06. The van der Waals surface area contributed by atoms with Gasteiger partial charge in [0.05, 0.1) is 19.1 Å². The number of thioether (sulfide) groups is 1. The number of aliphatic hydroxyl groups is 1. The number of carbonyl (C=O) groups is 5. The van der Waals surface area contributed by atoms with Gasteiger partial charge in [0.15, 0.2) is 0 Å². The van der Waals surface area contributed by atoms with Gasteiger partial charge in [-0.2, -0.15) is 0 Å². The highest BCUT2D eigenvalue weighted by Gasteiger charge is 2.25. The molecular weight excluding hydrogens is 504 g/mol. The summed E-state index contributed by atoms with van der Waals surface area (Å²) in [6.45, 7) is 1.25. The number of nitrogens with two attached hydrogens (primary N) is 2. The fraction of sp³-hybridized carbons (Fsp3) is 0.478. The Morgan fingerprint density at radius 1 is 1.16 bits per heavy atom. The van der Waals surface area contributed by atoms with Crippen molar-refractivity contribution in [3.05, 3.63) is 35.4 Å². The van der Waals surface area contributed by atoms with Crippen molar-refractivity contribution in [2.45, 2.75) is 49.7 Å². The van der Waals surface area contributed by atoms with Crippen molar-refractivity contribution >= 4 is 47.6 Å². The SMILES string of the molecule is CNCc1ccccc1C(SCCC(=O)NC(CO)C(=O)N[C@@H](C)C(N)=N[C@H](C=O)CC(N)=O)C(=O)O. The third-order valence-corrected chi connectivity index (χ3v) is 6.29. The van der Waals surface area contributed by atoms with Crippen molar-refractivity contribution in [3.63, 3.8) is 0 Å². The molecule has 0 heterocycles. The molecule has 0 aromatic heterocycles. The Hall–Kier alpha value is -3.49. The molecule has 0 fully saturated rings. The van der Waals surface area contributed by atoms with Gasteiger partial charge in [0.25, 0.3) is 0 Å². The zero-order valence-corrected chi connectivity index (χ0v) is 21.5. The minimum absolute atomic E-state index is 0.0975. The van der Waals surface area contributed by atoms with Crippen molar-refractivity contribution in [3.8, 4) is 0 Å². The van der Waals surface area contributed by atoms with E-state index < -0.39 is 53.7 Å². The lowest BCUT2D eigenvalue weighted by molar-refractivity contribution is -0.136. The zero-order valence-electron chi connectivity index (χ0n) is 20.7. The van der Waals surface area contributed by atoms with Gasteiger partial charge < -0.3 is 42.4 Å². The molecule has 13 nitrogen and oxygen atoms in total. The van der Waals surface area contributed by atoms with E-state index in [1.165, 1.54) is 6.92 Å². The number of amidine groups is 1. The Bertz CT molecular complexity index is 990. The molecule has 0 radical (unpaired) electrons. The zero-order chi connectivity index (χ0) is 28.0. The minimum atomic E-state index is -1.30. The summed E-state index contributed by atoms with van der Waals surface area (Å²) in [6, 6.07) is 3.85. The second kappa shape index (κ2) is 16.3. The number of hydrogen-bond donors (Lipinski definition) is 7. The van der Waals surface area contributed by atoms with Gasteiger partial charge in [-0.05, 0) is 25.1 Å². The second-order valence-corrected chi connectivity index (χ2v) is 9.24. The van der Waals surface area contributed by atoms with E-state index in [-0.39, 0.29) is 24.4 Å². The summed E-state index contributed by atoms with van der Waals surface area (Å²) in [7, 11) is 1.76. The quantitative estimate of drug-likeness (QED) is 0.0685. The Kier molecular flexibility index (Phi) is 13.9. The molecule has 14 heteroatoms. The van der Waals surface area contributed by atoms with Crippen LogP contribution in [0, 0.1) is 0 Å². The molecule has 1 rings (SSSR count). The highest BCUT2D eigenvalue weighted by atomic mass is 32.2. The number of aliphatic hydroxyl groups excluding tert-OH is 1. The molecule has 1 aromatic carbocycles. The van der Waals surface area contributed by atoms with Crippen LogP contribution >= 0.6 is 11.8 Å². The number of benzene rings is 1. The van der Waals surface area contributed by atoms with Gasteiger partial charge >= 0.3 is 5.97 Å². The first-order chi connectivity index (χ1) is 17.5. The van der Waals surface area contributed by atoms with Crippen LogP contribution in [-0.4, -0.2) is 83.6 Å². The Morgan fingerprint density at radius 2 is 1.84 bits per heavy atom. The Morgan fingerprint density at radius 3 is 2.41 bits per heavy atom. The van der Waals surface area contributed by atoms with E-state index in [4.69, 9.17) is 11.5 Å². The monoisotopic (exact) mass is 538 g/mol. The smallest absolute Gasteiger partial charge is 0.321 e. The number of carbonyl (C=O) groups excluding carboxylic acids is 4. The molecule has 2 unspecified atom stereocenters. The maximum absolute atomic E-state index is 12.5. The summed E-state index contributed by atoms with van der Waals surface area (Å²) in [6.07, 6.45) is -0.0448. The average Bonchev–Trinajstić information content (AvgIpc) is 2.84. The van der Waals surface area contributed by atoms with Crippen molar-refractivity contribution < 1.29 is 34.2 Å². The fourth-order valence-corrected chi connectivity index (χ4v) is 4.28. The first kappa shape index (κ1) is 31.5. The molecule has 3 amide bonds. The predicted octanol–water partition coefficient (Wildman–Crippen LogP) is -1.56. The van der Waals surface area contributed by atoms with E-state index in [2.05, 4.69) is 20.9 Å². The normalized spacial score (nSPS) is 14.6. The van der Waals surface area contributed by atoms with Gasteiger partial charge in [-0.3, -0.25) is 24.2 Å². The molecule has 0 aliphatic carbocycles. The standard InChI is InChI=1S/C23H34N6O7S/c1-13(21(25)28-15(11-30)9-18(24)32)27-22(34)17(12-31)29-19(33)7-8-37-20(23(35)36)16-6-4-3-5-14(16)10-26-2/h3-6,11,13,15,17,20,26,31H,7-10,12H2,1-2H3,(H2,24,32)(H2,25,28)(H,27,34)(H,29,33)(H,35,36)/t13-,15-,17?,20?/m0/s1. The van der Waals surface area contributed by atoms with Crippen LogP contribution in [-0.2, 0) is 30.5 Å². The van der Waals surface area contributed by atoms with E-state index >= 15 is 0 Å². The van der Waals surface area contributed by atoms with Gasteiger partial charge in [0, 0.05) is 18.7 Å². The Labute approximate surface area is 218 Å². The highest BCUT2D eigenvalue weighted by molar-refractivity contribution is 8.00. The van der Waals surface area contributed by atoms with Gasteiger partial charge in [-0.25, -0.2) is 0 Å². The molecule has 204 valence electrons. The molecule has 0 aliphatic heterocycles. The summed E-state index contributed by atoms with van der Waals surface area (Å²) in [5.74, 6) is -3.10. The van der Waals surface area contributed by atoms with E-state index in [0.29, 0.717) is 18.4 Å². The summed E-state index contributed by atoms with van der Waals surface area (Å²) in [5, 5.41) is 26.2. The first-order valence-corrected chi connectivity index (χ1v) is 12.4. The van der Waals surface area contributed by atoms with E-state index in [1.54, 1.807) is 19.2 Å². The van der Waals surface area contributed by atoms with Gasteiger partial charge in [0.2, 0.25) is 17.7 Å². The number of aliphatic carboxylic acids is 1. The van der Waals surface area contributed by atoms with Crippen molar-refractivity contribution in [2.75, 3.05) is 19.4 Å². The van der Waals surface area contributed by atoms with Crippen LogP contribution in [0.2, 0.25) is 0 Å². The number of rotatable bonds is 17. The summed E-state index contributed by atoms with van der Waals surface area (Å²) in [5.41, 5.74) is 12.3. The molecule has 0 saturated carbocycles. The summed E-state index contributed by atoms with van der Waals surface area (Å²) < 4.78 is 0. The molecule has 0 bridgehead atoms. The number of primary amides is 1. The number of nitrogens with one attached hydrogen (secondary N) is 3. The van der Waals surface area contributed by atoms with Crippen molar-refractivity contribution in [2.24, 2.45) is 16.5 Å². The fourth-order valence-electron chi connectivity index (χ4n) is 3.19. The first-order valence-electron chi connectivity index (χ1n) is 11.4. The molecule has 0 spiro atoms. The minimum Gasteiger partial charge on any atom is -0.480 e. The lowest BCUT2D eigenvalue weighted by Gasteiger charge is -2.20. The predicted molar refractivity (Wildman–Crippen MR) is 139 cm³/mol. The van der Waals surface area contributed by atoms with Crippen molar-refractivity contribution in [1.29, 1.82) is 0 Å². The Balaban J connectivity index is 2.69. The molecule has 0 saturated heterocycles. The molecule has 1 aromatic rings. The van der Waals surface area contributed by atoms with E-state index in [0.717, 1.165) is 17.3 Å². The average molecular weight is 539 g/mol. The number of aliphatic imine (C=N–C) groups is 1. The van der Waals surface area contributed by atoms with Crippen LogP contribution in [0.5, 0.6) is 0 Å².